The second kappa shape index (κ2) is 2.91. The van der Waals surface area contributed by atoms with Gasteiger partial charge in [-0.3, -0.25) is 0 Å². The van der Waals surface area contributed by atoms with E-state index in [0.29, 0.717) is 10.0 Å². The third-order valence-electron chi connectivity index (χ3n) is 1.49. The molecule has 0 amide bonds. The lowest BCUT2D eigenvalue weighted by Gasteiger charge is -1.97. The molecule has 2 aromatic heterocycles. The molecule has 0 unspecified atom stereocenters. The van der Waals surface area contributed by atoms with Crippen molar-refractivity contribution in [3.63, 3.8) is 0 Å². The van der Waals surface area contributed by atoms with E-state index in [1.807, 2.05) is 0 Å². The second-order valence-corrected chi connectivity index (χ2v) is 3.99. The Bertz CT molecular complexity index is 438. The fourth-order valence-electron chi connectivity index (χ4n) is 1.01. The molecule has 0 saturated heterocycles. The number of pyridine rings is 1. The summed E-state index contributed by atoms with van der Waals surface area (Å²) in [6.07, 6.45) is 3.38. The Balaban J connectivity index is 2.93. The number of nitrogens with zero attached hydrogens (tertiary/aromatic N) is 2. The van der Waals surface area contributed by atoms with Gasteiger partial charge in [0.1, 0.15) is 0 Å². The van der Waals surface area contributed by atoms with Crippen molar-refractivity contribution in [2.24, 2.45) is 0 Å². The zero-order valence-electron chi connectivity index (χ0n) is 5.76. The number of aromatic nitrogens is 2. The molecule has 62 valence electrons. The number of halogens is 3. The van der Waals surface area contributed by atoms with Crippen LogP contribution in [0.1, 0.15) is 0 Å². The highest BCUT2D eigenvalue weighted by atomic mass is 79.9. The van der Waals surface area contributed by atoms with Gasteiger partial charge < -0.3 is 0 Å². The van der Waals surface area contributed by atoms with Crippen molar-refractivity contribution in [2.75, 3.05) is 0 Å². The SMILES string of the molecule is Clc1cc(Cl)c2c(Br)cnn2c1. The quantitative estimate of drug-likeness (QED) is 0.714. The van der Waals surface area contributed by atoms with Crippen molar-refractivity contribution >= 4 is 44.6 Å². The van der Waals surface area contributed by atoms with E-state index < -0.39 is 0 Å². The van der Waals surface area contributed by atoms with E-state index in [9.17, 15) is 0 Å². The Hall–Kier alpha value is -0.250. The molecule has 0 fully saturated rings. The molecule has 2 heterocycles. The summed E-state index contributed by atoms with van der Waals surface area (Å²) in [6, 6.07) is 1.69. The van der Waals surface area contributed by atoms with Gasteiger partial charge in [0.15, 0.2) is 0 Å². The topological polar surface area (TPSA) is 17.3 Å². The van der Waals surface area contributed by atoms with Gasteiger partial charge in [-0.2, -0.15) is 5.10 Å². The van der Waals surface area contributed by atoms with Gasteiger partial charge in [-0.1, -0.05) is 23.2 Å². The van der Waals surface area contributed by atoms with Crippen molar-refractivity contribution in [3.05, 3.63) is 33.0 Å². The first kappa shape index (κ1) is 8.35. The first-order chi connectivity index (χ1) is 5.68. The Morgan fingerprint density at radius 2 is 2.17 bits per heavy atom. The van der Waals surface area contributed by atoms with Gasteiger partial charge in [0.2, 0.25) is 0 Å². The summed E-state index contributed by atoms with van der Waals surface area (Å²) in [5.74, 6) is 0. The molecule has 0 aromatic carbocycles. The van der Waals surface area contributed by atoms with Crippen molar-refractivity contribution in [2.45, 2.75) is 0 Å². The fraction of sp³-hybridized carbons (Fsp3) is 0. The molecule has 0 atom stereocenters. The van der Waals surface area contributed by atoms with Gasteiger partial charge in [0.05, 0.1) is 26.2 Å². The van der Waals surface area contributed by atoms with E-state index in [4.69, 9.17) is 23.2 Å². The highest BCUT2D eigenvalue weighted by Gasteiger charge is 2.06. The lowest BCUT2D eigenvalue weighted by Crippen LogP contribution is -1.86. The van der Waals surface area contributed by atoms with E-state index in [0.717, 1.165) is 9.99 Å². The molecule has 0 radical (unpaired) electrons. The van der Waals surface area contributed by atoms with E-state index >= 15 is 0 Å². The second-order valence-electron chi connectivity index (χ2n) is 2.29. The number of rotatable bonds is 0. The van der Waals surface area contributed by atoms with Gasteiger partial charge in [-0.15, -0.1) is 0 Å². The monoisotopic (exact) mass is 264 g/mol. The lowest BCUT2D eigenvalue weighted by atomic mass is 10.4. The molecule has 0 N–H and O–H groups in total. The first-order valence-corrected chi connectivity index (χ1v) is 4.71. The summed E-state index contributed by atoms with van der Waals surface area (Å²) in [7, 11) is 0. The standard InChI is InChI=1S/C7H3BrCl2N2/c8-5-2-11-12-3-4(9)1-6(10)7(5)12/h1-3H. The molecule has 2 aromatic rings. The normalized spacial score (nSPS) is 10.9. The average molecular weight is 266 g/mol. The number of fused-ring (bicyclic) bond motifs is 1. The van der Waals surface area contributed by atoms with E-state index in [1.165, 1.54) is 0 Å². The molecular formula is C7H3BrCl2N2. The van der Waals surface area contributed by atoms with Crippen molar-refractivity contribution < 1.29 is 0 Å². The summed E-state index contributed by atoms with van der Waals surface area (Å²) in [6.45, 7) is 0. The van der Waals surface area contributed by atoms with Crippen LogP contribution in [-0.2, 0) is 0 Å². The minimum absolute atomic E-state index is 0.572. The third-order valence-corrected chi connectivity index (χ3v) is 2.56. The third kappa shape index (κ3) is 1.22. The van der Waals surface area contributed by atoms with Gasteiger partial charge in [0, 0.05) is 6.20 Å². The first-order valence-electron chi connectivity index (χ1n) is 3.16. The Morgan fingerprint density at radius 3 is 2.92 bits per heavy atom. The summed E-state index contributed by atoms with van der Waals surface area (Å²) in [5, 5.41) is 5.20. The number of hydrogen-bond acceptors (Lipinski definition) is 1. The molecule has 5 heteroatoms. The molecule has 0 bridgehead atoms. The van der Waals surface area contributed by atoms with Crippen LogP contribution in [0.2, 0.25) is 10.0 Å². The molecule has 2 nitrogen and oxygen atoms in total. The lowest BCUT2D eigenvalue weighted by molar-refractivity contribution is 0.961. The predicted octanol–water partition coefficient (Wildman–Crippen LogP) is 3.40. The summed E-state index contributed by atoms with van der Waals surface area (Å²) >= 11 is 15.0. The van der Waals surface area contributed by atoms with Crippen molar-refractivity contribution in [1.82, 2.24) is 9.61 Å². The Labute approximate surface area is 87.2 Å². The summed E-state index contributed by atoms with van der Waals surface area (Å²) in [4.78, 5) is 0. The molecule has 0 aliphatic carbocycles. The zero-order chi connectivity index (χ0) is 8.72. The van der Waals surface area contributed by atoms with Crippen LogP contribution in [0, 0.1) is 0 Å². The smallest absolute Gasteiger partial charge is 0.0991 e. The fourth-order valence-corrected chi connectivity index (χ4v) is 2.17. The predicted molar refractivity (Wildman–Crippen MR) is 52.9 cm³/mol. The van der Waals surface area contributed by atoms with Crippen LogP contribution < -0.4 is 0 Å². The molecule has 2 rings (SSSR count). The minimum atomic E-state index is 0.572. The summed E-state index contributed by atoms with van der Waals surface area (Å²) in [5.41, 5.74) is 0.834. The average Bonchev–Trinajstić information content (AvgIpc) is 2.31. The van der Waals surface area contributed by atoms with Gasteiger partial charge in [-0.25, -0.2) is 4.52 Å². The van der Waals surface area contributed by atoms with Crippen LogP contribution in [0.3, 0.4) is 0 Å². The highest BCUT2D eigenvalue weighted by molar-refractivity contribution is 9.10. The maximum absolute atomic E-state index is 5.93. The molecule has 0 aliphatic heterocycles. The Kier molecular flexibility index (Phi) is 2.02. The van der Waals surface area contributed by atoms with Crippen LogP contribution >= 0.6 is 39.1 Å². The molecule has 0 saturated carbocycles. The highest BCUT2D eigenvalue weighted by Crippen LogP contribution is 2.27. The maximum atomic E-state index is 5.93. The molecule has 0 aliphatic rings. The van der Waals surface area contributed by atoms with Crippen LogP contribution in [0.15, 0.2) is 22.9 Å². The van der Waals surface area contributed by atoms with E-state index in [-0.39, 0.29) is 0 Å². The van der Waals surface area contributed by atoms with Gasteiger partial charge in [0.25, 0.3) is 0 Å². The van der Waals surface area contributed by atoms with E-state index in [1.54, 1.807) is 23.0 Å². The van der Waals surface area contributed by atoms with Gasteiger partial charge in [-0.05, 0) is 22.0 Å². The molecular weight excluding hydrogens is 263 g/mol. The van der Waals surface area contributed by atoms with Crippen LogP contribution in [-0.4, -0.2) is 9.61 Å². The van der Waals surface area contributed by atoms with Gasteiger partial charge >= 0.3 is 0 Å². The molecule has 0 spiro atoms. The minimum Gasteiger partial charge on any atom is -0.237 e. The van der Waals surface area contributed by atoms with Crippen LogP contribution in [0.25, 0.3) is 5.52 Å². The Morgan fingerprint density at radius 1 is 1.42 bits per heavy atom. The maximum Gasteiger partial charge on any atom is 0.0991 e. The summed E-state index contributed by atoms with van der Waals surface area (Å²) < 4.78 is 2.50. The van der Waals surface area contributed by atoms with Crippen molar-refractivity contribution in [3.8, 4) is 0 Å². The zero-order valence-corrected chi connectivity index (χ0v) is 8.86. The van der Waals surface area contributed by atoms with Crippen LogP contribution in [0.4, 0.5) is 0 Å². The van der Waals surface area contributed by atoms with E-state index in [2.05, 4.69) is 21.0 Å². The van der Waals surface area contributed by atoms with Crippen molar-refractivity contribution in [1.29, 1.82) is 0 Å². The van der Waals surface area contributed by atoms with Crippen LogP contribution in [0.5, 0.6) is 0 Å². The number of hydrogen-bond donors (Lipinski definition) is 0. The largest absolute Gasteiger partial charge is 0.237 e. The molecule has 12 heavy (non-hydrogen) atoms.